The molecule has 1 heterocycles. The minimum atomic E-state index is -1.10. The molecule has 0 fully saturated rings. The van der Waals surface area contributed by atoms with E-state index >= 15 is 0 Å². The van der Waals surface area contributed by atoms with Crippen molar-refractivity contribution in [2.45, 2.75) is 0 Å². The van der Waals surface area contributed by atoms with Gasteiger partial charge in [-0.2, -0.15) is 0 Å². The number of aromatic carboxylic acids is 1. The molecule has 21 heavy (non-hydrogen) atoms. The number of thiophene rings is 1. The molecule has 0 saturated heterocycles. The molecule has 0 aliphatic carbocycles. The van der Waals surface area contributed by atoms with Crippen molar-refractivity contribution in [3.63, 3.8) is 0 Å². The van der Waals surface area contributed by atoms with Crippen LogP contribution in [0.2, 0.25) is 0 Å². The van der Waals surface area contributed by atoms with Crippen LogP contribution in [0, 0.1) is 0 Å². The van der Waals surface area contributed by atoms with Gasteiger partial charge in [0.25, 0.3) is 0 Å². The van der Waals surface area contributed by atoms with Crippen molar-refractivity contribution in [2.24, 2.45) is 0 Å². The van der Waals surface area contributed by atoms with Crippen LogP contribution in [0.5, 0.6) is 0 Å². The molecule has 2 aromatic carbocycles. The molecule has 0 aliphatic rings. The second-order valence-electron chi connectivity index (χ2n) is 4.45. The highest BCUT2D eigenvalue weighted by atomic mass is 79.9. The predicted octanol–water partition coefficient (Wildman–Crippen LogP) is 4.59. The Balaban J connectivity index is 2.18. The first-order chi connectivity index (χ1) is 10.1. The Morgan fingerprint density at radius 1 is 0.952 bits per heavy atom. The van der Waals surface area contributed by atoms with E-state index in [0.717, 1.165) is 14.6 Å². The molecule has 1 aromatic heterocycles. The number of benzene rings is 2. The lowest BCUT2D eigenvalue weighted by Crippen LogP contribution is -2.09. The molecule has 0 atom stereocenters. The summed E-state index contributed by atoms with van der Waals surface area (Å²) in [6.45, 7) is 0. The molecule has 5 heteroatoms. The average Bonchev–Trinajstić information content (AvgIpc) is 2.92. The molecule has 0 bridgehead atoms. The molecular formula is C16H9BrO3S. The van der Waals surface area contributed by atoms with E-state index in [-0.39, 0.29) is 16.9 Å². The van der Waals surface area contributed by atoms with Crippen molar-refractivity contribution in [3.05, 3.63) is 69.0 Å². The van der Waals surface area contributed by atoms with Crippen LogP contribution < -0.4 is 0 Å². The molecule has 0 saturated carbocycles. The fraction of sp³-hybridized carbons (Fsp3) is 0. The van der Waals surface area contributed by atoms with E-state index in [0.29, 0.717) is 5.56 Å². The number of carboxylic acids is 1. The van der Waals surface area contributed by atoms with Gasteiger partial charge < -0.3 is 5.11 Å². The van der Waals surface area contributed by atoms with Crippen molar-refractivity contribution in [1.82, 2.24) is 0 Å². The summed E-state index contributed by atoms with van der Waals surface area (Å²) >= 11 is 4.92. The van der Waals surface area contributed by atoms with E-state index in [9.17, 15) is 14.7 Å². The summed E-state index contributed by atoms with van der Waals surface area (Å²) in [5.41, 5.74) is 0.770. The number of hydrogen-bond acceptors (Lipinski definition) is 3. The number of rotatable bonds is 3. The zero-order valence-corrected chi connectivity index (χ0v) is 13.1. The smallest absolute Gasteiger partial charge is 0.336 e. The Labute approximate surface area is 133 Å². The van der Waals surface area contributed by atoms with Crippen LogP contribution in [-0.2, 0) is 0 Å². The Kier molecular flexibility index (Phi) is 3.61. The van der Waals surface area contributed by atoms with Gasteiger partial charge in [-0.25, -0.2) is 4.79 Å². The Bertz CT molecular complexity index is 867. The Morgan fingerprint density at radius 3 is 2.38 bits per heavy atom. The van der Waals surface area contributed by atoms with Crippen molar-refractivity contribution in [2.75, 3.05) is 0 Å². The van der Waals surface area contributed by atoms with Gasteiger partial charge in [0.05, 0.1) is 5.56 Å². The average molecular weight is 361 g/mol. The molecule has 3 rings (SSSR count). The monoisotopic (exact) mass is 360 g/mol. The maximum atomic E-state index is 12.7. The van der Waals surface area contributed by atoms with Gasteiger partial charge in [-0.15, -0.1) is 11.3 Å². The molecule has 0 amide bonds. The van der Waals surface area contributed by atoms with E-state index in [1.165, 1.54) is 17.4 Å². The van der Waals surface area contributed by atoms with Crippen LogP contribution in [0.4, 0.5) is 0 Å². The number of ketones is 1. The second kappa shape index (κ2) is 5.42. The summed E-state index contributed by atoms with van der Waals surface area (Å²) in [5.74, 6) is -1.36. The van der Waals surface area contributed by atoms with E-state index < -0.39 is 5.97 Å². The number of fused-ring (bicyclic) bond motifs is 1. The van der Waals surface area contributed by atoms with Crippen LogP contribution in [0.3, 0.4) is 0 Å². The van der Waals surface area contributed by atoms with Gasteiger partial charge in [-0.3, -0.25) is 4.79 Å². The van der Waals surface area contributed by atoms with E-state index in [1.54, 1.807) is 23.6 Å². The fourth-order valence-electron chi connectivity index (χ4n) is 2.21. The number of halogens is 1. The van der Waals surface area contributed by atoms with Crippen LogP contribution >= 0.6 is 27.3 Å². The highest BCUT2D eigenvalue weighted by molar-refractivity contribution is 9.10. The maximum Gasteiger partial charge on any atom is 0.336 e. The summed E-state index contributed by atoms with van der Waals surface area (Å²) < 4.78 is 1.91. The first-order valence-corrected chi connectivity index (χ1v) is 7.79. The van der Waals surface area contributed by atoms with Gasteiger partial charge in [0.2, 0.25) is 0 Å². The predicted molar refractivity (Wildman–Crippen MR) is 86.4 cm³/mol. The lowest BCUT2D eigenvalue weighted by atomic mass is 9.98. The van der Waals surface area contributed by atoms with Crippen LogP contribution in [0.25, 0.3) is 10.1 Å². The molecule has 0 unspecified atom stereocenters. The first kappa shape index (κ1) is 14.0. The summed E-state index contributed by atoms with van der Waals surface area (Å²) in [6, 6.07) is 11.9. The molecule has 3 nitrogen and oxygen atoms in total. The summed E-state index contributed by atoms with van der Waals surface area (Å²) in [6.07, 6.45) is 0. The zero-order valence-electron chi connectivity index (χ0n) is 10.7. The molecular weight excluding hydrogens is 352 g/mol. The topological polar surface area (TPSA) is 54.4 Å². The van der Waals surface area contributed by atoms with Gasteiger partial charge in [0.1, 0.15) is 0 Å². The van der Waals surface area contributed by atoms with Crippen molar-refractivity contribution < 1.29 is 14.7 Å². The molecule has 3 aromatic rings. The normalized spacial score (nSPS) is 10.7. The van der Waals surface area contributed by atoms with Gasteiger partial charge in [-0.1, -0.05) is 30.3 Å². The maximum absolute atomic E-state index is 12.7. The minimum absolute atomic E-state index is 0.0249. The van der Waals surface area contributed by atoms with Gasteiger partial charge in [-0.05, 0) is 28.1 Å². The molecule has 1 N–H and O–H groups in total. The third-order valence-electron chi connectivity index (χ3n) is 3.20. The summed E-state index contributed by atoms with van der Waals surface area (Å²) in [4.78, 5) is 23.9. The molecule has 0 radical (unpaired) electrons. The van der Waals surface area contributed by atoms with E-state index in [1.807, 2.05) is 18.2 Å². The Hall–Kier alpha value is -1.98. The number of carboxylic acid groups (broad SMARTS) is 1. The number of carbonyl (C=O) groups excluding carboxylic acids is 1. The highest BCUT2D eigenvalue weighted by Crippen LogP contribution is 2.33. The van der Waals surface area contributed by atoms with Crippen LogP contribution in [-0.4, -0.2) is 16.9 Å². The third kappa shape index (κ3) is 2.39. The fourth-order valence-corrected chi connectivity index (χ4v) is 3.81. The van der Waals surface area contributed by atoms with E-state index in [2.05, 4.69) is 15.9 Å². The van der Waals surface area contributed by atoms with Gasteiger partial charge in [0.15, 0.2) is 5.78 Å². The SMILES string of the molecule is O=C(O)c1ccccc1C(=O)c1csc2c(Br)cccc12. The van der Waals surface area contributed by atoms with Crippen LogP contribution in [0.15, 0.2) is 52.3 Å². The zero-order chi connectivity index (χ0) is 15.0. The summed E-state index contributed by atoms with van der Waals surface area (Å²) in [5, 5.41) is 11.8. The Morgan fingerprint density at radius 2 is 1.67 bits per heavy atom. The lowest BCUT2D eigenvalue weighted by molar-refractivity contribution is 0.0693. The minimum Gasteiger partial charge on any atom is -0.478 e. The van der Waals surface area contributed by atoms with Crippen molar-refractivity contribution in [3.8, 4) is 0 Å². The number of carbonyl (C=O) groups is 2. The standard InChI is InChI=1S/C16H9BrO3S/c17-13-7-3-6-10-12(8-21-15(10)13)14(18)9-4-1-2-5-11(9)16(19)20/h1-8H,(H,19,20). The molecule has 104 valence electrons. The summed E-state index contributed by atoms with van der Waals surface area (Å²) in [7, 11) is 0. The van der Waals surface area contributed by atoms with Crippen LogP contribution in [0.1, 0.15) is 26.3 Å². The van der Waals surface area contributed by atoms with Crippen molar-refractivity contribution >= 4 is 49.1 Å². The van der Waals surface area contributed by atoms with E-state index in [4.69, 9.17) is 0 Å². The second-order valence-corrected chi connectivity index (χ2v) is 6.18. The van der Waals surface area contributed by atoms with Gasteiger partial charge >= 0.3 is 5.97 Å². The van der Waals surface area contributed by atoms with Gasteiger partial charge in [0, 0.05) is 31.1 Å². The largest absolute Gasteiger partial charge is 0.478 e. The highest BCUT2D eigenvalue weighted by Gasteiger charge is 2.20. The first-order valence-electron chi connectivity index (χ1n) is 6.12. The number of hydrogen-bond donors (Lipinski definition) is 1. The molecule has 0 aliphatic heterocycles. The quantitative estimate of drug-likeness (QED) is 0.694. The molecule has 0 spiro atoms. The third-order valence-corrected chi connectivity index (χ3v) is 5.15. The van der Waals surface area contributed by atoms with Crippen molar-refractivity contribution in [1.29, 1.82) is 0 Å². The lowest BCUT2D eigenvalue weighted by Gasteiger charge is -2.04.